The van der Waals surface area contributed by atoms with Crippen LogP contribution in [0.3, 0.4) is 0 Å². The second-order valence-corrected chi connectivity index (χ2v) is 7.51. The fraction of sp³-hybridized carbons (Fsp3) is 0.304. The SMILES string of the molecule is CC(=O)N1c2ccc(-c3c(C)noc3C)cc2[C@@H](Nc2ccccc2)C[C@H]1C. The number of nitrogens with zero attached hydrogens (tertiary/aromatic N) is 2. The molecule has 0 spiro atoms. The smallest absolute Gasteiger partial charge is 0.224 e. The van der Waals surface area contributed by atoms with E-state index in [1.165, 1.54) is 0 Å². The van der Waals surface area contributed by atoms with E-state index in [-0.39, 0.29) is 18.0 Å². The summed E-state index contributed by atoms with van der Waals surface area (Å²) in [5.74, 6) is 0.870. The number of fused-ring (bicyclic) bond motifs is 1. The lowest BCUT2D eigenvalue weighted by molar-refractivity contribution is -0.117. The van der Waals surface area contributed by atoms with Crippen LogP contribution in [0.25, 0.3) is 11.1 Å². The summed E-state index contributed by atoms with van der Waals surface area (Å²) >= 11 is 0. The van der Waals surface area contributed by atoms with Crippen LogP contribution in [0.5, 0.6) is 0 Å². The lowest BCUT2D eigenvalue weighted by Crippen LogP contribution is -2.43. The molecule has 3 aromatic rings. The molecule has 1 aromatic heterocycles. The summed E-state index contributed by atoms with van der Waals surface area (Å²) in [6, 6.07) is 16.7. The van der Waals surface area contributed by atoms with E-state index in [4.69, 9.17) is 4.52 Å². The van der Waals surface area contributed by atoms with Crippen LogP contribution < -0.4 is 10.2 Å². The summed E-state index contributed by atoms with van der Waals surface area (Å²) in [5, 5.41) is 7.74. The summed E-state index contributed by atoms with van der Waals surface area (Å²) in [5.41, 5.74) is 6.12. The number of carbonyl (C=O) groups is 1. The van der Waals surface area contributed by atoms with Crippen molar-refractivity contribution in [3.63, 3.8) is 0 Å². The molecule has 144 valence electrons. The molecule has 0 saturated carbocycles. The van der Waals surface area contributed by atoms with Crippen LogP contribution in [-0.2, 0) is 4.79 Å². The third kappa shape index (κ3) is 3.17. The number of carbonyl (C=O) groups excluding carboxylic acids is 1. The van der Waals surface area contributed by atoms with Gasteiger partial charge in [-0.3, -0.25) is 4.79 Å². The lowest BCUT2D eigenvalue weighted by Gasteiger charge is -2.39. The summed E-state index contributed by atoms with van der Waals surface area (Å²) in [7, 11) is 0. The number of anilines is 2. The molecule has 28 heavy (non-hydrogen) atoms. The molecular formula is C23H25N3O2. The molecule has 2 heterocycles. The first-order chi connectivity index (χ1) is 13.5. The van der Waals surface area contributed by atoms with E-state index in [9.17, 15) is 4.79 Å². The van der Waals surface area contributed by atoms with Gasteiger partial charge in [0.05, 0.1) is 11.7 Å². The lowest BCUT2D eigenvalue weighted by atomic mass is 9.88. The van der Waals surface area contributed by atoms with Gasteiger partial charge in [0.2, 0.25) is 5.91 Å². The number of aryl methyl sites for hydroxylation is 2. The van der Waals surface area contributed by atoms with E-state index in [0.717, 1.165) is 45.9 Å². The van der Waals surface area contributed by atoms with E-state index in [1.54, 1.807) is 6.92 Å². The predicted octanol–water partition coefficient (Wildman–Crippen LogP) is 5.26. The molecule has 1 N–H and O–H groups in total. The second kappa shape index (κ2) is 7.15. The fourth-order valence-electron chi connectivity index (χ4n) is 4.27. The minimum atomic E-state index is 0.0667. The van der Waals surface area contributed by atoms with Crippen molar-refractivity contribution in [2.45, 2.75) is 46.2 Å². The Hall–Kier alpha value is -3.08. The maximum atomic E-state index is 12.3. The van der Waals surface area contributed by atoms with Gasteiger partial charge in [0.1, 0.15) is 5.76 Å². The predicted molar refractivity (Wildman–Crippen MR) is 111 cm³/mol. The quantitative estimate of drug-likeness (QED) is 0.679. The third-order valence-corrected chi connectivity index (χ3v) is 5.46. The van der Waals surface area contributed by atoms with Gasteiger partial charge in [0.15, 0.2) is 0 Å². The number of hydrogen-bond acceptors (Lipinski definition) is 4. The minimum Gasteiger partial charge on any atom is -0.378 e. The zero-order valence-corrected chi connectivity index (χ0v) is 16.7. The Kier molecular flexibility index (Phi) is 4.67. The average molecular weight is 375 g/mol. The molecule has 2 aromatic carbocycles. The van der Waals surface area contributed by atoms with Crippen molar-refractivity contribution in [3.8, 4) is 11.1 Å². The molecule has 4 rings (SSSR count). The third-order valence-electron chi connectivity index (χ3n) is 5.46. The van der Waals surface area contributed by atoms with Crippen LogP contribution in [0.1, 0.15) is 43.3 Å². The summed E-state index contributed by atoms with van der Waals surface area (Å²) in [6.07, 6.45) is 0.840. The number of rotatable bonds is 3. The molecule has 5 nitrogen and oxygen atoms in total. The molecule has 2 atom stereocenters. The van der Waals surface area contributed by atoms with E-state index in [1.807, 2.05) is 43.0 Å². The Morgan fingerprint density at radius 3 is 2.57 bits per heavy atom. The maximum absolute atomic E-state index is 12.3. The molecule has 0 unspecified atom stereocenters. The monoisotopic (exact) mass is 375 g/mol. The van der Waals surface area contributed by atoms with Crippen LogP contribution in [-0.4, -0.2) is 17.1 Å². The van der Waals surface area contributed by atoms with E-state index in [0.29, 0.717) is 0 Å². The molecule has 0 bridgehead atoms. The number of aromatic nitrogens is 1. The standard InChI is InChI=1S/C23H25N3O2/c1-14-12-21(24-19-8-6-5-7-9-19)20-13-18(23-15(2)25-28-16(23)3)10-11-22(20)26(14)17(4)27/h5-11,13-14,21,24H,12H2,1-4H3/t14-,21+/m1/s1. The van der Waals surface area contributed by atoms with Crippen molar-refractivity contribution in [3.05, 3.63) is 65.5 Å². The van der Waals surface area contributed by atoms with Crippen molar-refractivity contribution in [2.75, 3.05) is 10.2 Å². The Morgan fingerprint density at radius 1 is 1.18 bits per heavy atom. The Morgan fingerprint density at radius 2 is 1.93 bits per heavy atom. The highest BCUT2D eigenvalue weighted by atomic mass is 16.5. The maximum Gasteiger partial charge on any atom is 0.224 e. The summed E-state index contributed by atoms with van der Waals surface area (Å²) < 4.78 is 5.36. The highest BCUT2D eigenvalue weighted by Gasteiger charge is 2.33. The van der Waals surface area contributed by atoms with Gasteiger partial charge in [-0.2, -0.15) is 0 Å². The van der Waals surface area contributed by atoms with Crippen LogP contribution in [0.15, 0.2) is 53.1 Å². The summed E-state index contributed by atoms with van der Waals surface area (Å²) in [6.45, 7) is 7.62. The molecule has 0 aliphatic carbocycles. The van der Waals surface area contributed by atoms with Crippen molar-refractivity contribution in [1.29, 1.82) is 0 Å². The van der Waals surface area contributed by atoms with Crippen LogP contribution in [0.4, 0.5) is 11.4 Å². The Balaban J connectivity index is 1.82. The highest BCUT2D eigenvalue weighted by molar-refractivity contribution is 5.94. The number of amides is 1. The molecule has 0 fully saturated rings. The number of hydrogen-bond donors (Lipinski definition) is 1. The van der Waals surface area contributed by atoms with Crippen molar-refractivity contribution in [1.82, 2.24) is 5.16 Å². The van der Waals surface area contributed by atoms with Crippen LogP contribution >= 0.6 is 0 Å². The van der Waals surface area contributed by atoms with Gasteiger partial charge in [0, 0.05) is 29.9 Å². The molecule has 0 radical (unpaired) electrons. The van der Waals surface area contributed by atoms with Crippen molar-refractivity contribution in [2.24, 2.45) is 0 Å². The van der Waals surface area contributed by atoms with Gasteiger partial charge in [-0.1, -0.05) is 29.4 Å². The number of para-hydroxylation sites is 1. The number of nitrogens with one attached hydrogen (secondary N) is 1. The largest absolute Gasteiger partial charge is 0.378 e. The zero-order valence-electron chi connectivity index (χ0n) is 16.7. The van der Waals surface area contributed by atoms with Gasteiger partial charge < -0.3 is 14.7 Å². The van der Waals surface area contributed by atoms with Gasteiger partial charge in [-0.25, -0.2) is 0 Å². The Bertz CT molecular complexity index is 990. The molecular weight excluding hydrogens is 350 g/mol. The summed E-state index contributed by atoms with van der Waals surface area (Å²) in [4.78, 5) is 14.2. The van der Waals surface area contributed by atoms with E-state index < -0.39 is 0 Å². The fourth-order valence-corrected chi connectivity index (χ4v) is 4.27. The van der Waals surface area contributed by atoms with Crippen molar-refractivity contribution < 1.29 is 9.32 Å². The highest BCUT2D eigenvalue weighted by Crippen LogP contribution is 2.41. The normalized spacial score (nSPS) is 18.6. The Labute approximate surface area is 165 Å². The minimum absolute atomic E-state index is 0.0667. The first-order valence-electron chi connectivity index (χ1n) is 9.64. The molecule has 5 heteroatoms. The topological polar surface area (TPSA) is 58.4 Å². The zero-order chi connectivity index (χ0) is 19.8. The molecule has 1 aliphatic rings. The first-order valence-corrected chi connectivity index (χ1v) is 9.64. The van der Waals surface area contributed by atoms with Crippen molar-refractivity contribution >= 4 is 17.3 Å². The molecule has 0 saturated heterocycles. The average Bonchev–Trinajstić information content (AvgIpc) is 3.00. The van der Waals surface area contributed by atoms with Gasteiger partial charge >= 0.3 is 0 Å². The molecule has 1 aliphatic heterocycles. The first kappa shape index (κ1) is 18.3. The van der Waals surface area contributed by atoms with Crippen LogP contribution in [0, 0.1) is 13.8 Å². The van der Waals surface area contributed by atoms with E-state index in [2.05, 4.69) is 41.7 Å². The van der Waals surface area contributed by atoms with Gasteiger partial charge in [-0.15, -0.1) is 0 Å². The van der Waals surface area contributed by atoms with Gasteiger partial charge in [0.25, 0.3) is 0 Å². The number of benzene rings is 2. The van der Waals surface area contributed by atoms with Gasteiger partial charge in [-0.05, 0) is 62.6 Å². The molecule has 1 amide bonds. The second-order valence-electron chi connectivity index (χ2n) is 7.51. The van der Waals surface area contributed by atoms with E-state index >= 15 is 0 Å². The van der Waals surface area contributed by atoms with Crippen LogP contribution in [0.2, 0.25) is 0 Å².